The largest absolute Gasteiger partial charge is 0.383 e. The molecule has 0 aliphatic heterocycles. The van der Waals surface area contributed by atoms with E-state index in [0.717, 1.165) is 16.8 Å². The second kappa shape index (κ2) is 7.13. The fraction of sp³-hybridized carbons (Fsp3) is 0.556. The van der Waals surface area contributed by atoms with Crippen molar-refractivity contribution in [1.82, 2.24) is 5.32 Å². The molecule has 23 heavy (non-hydrogen) atoms. The summed E-state index contributed by atoms with van der Waals surface area (Å²) in [5.41, 5.74) is 2.03. The number of ether oxygens (including phenoxy) is 1. The number of carbonyl (C=O) groups excluding carboxylic acids is 2. The summed E-state index contributed by atoms with van der Waals surface area (Å²) >= 11 is 0. The number of amides is 2. The van der Waals surface area contributed by atoms with E-state index in [2.05, 4.69) is 24.5 Å². The highest BCUT2D eigenvalue weighted by Gasteiger charge is 2.56. The molecule has 0 aromatic heterocycles. The maximum Gasteiger partial charge on any atom is 0.240 e. The molecule has 1 aliphatic carbocycles. The first kappa shape index (κ1) is 17.5. The van der Waals surface area contributed by atoms with Crippen LogP contribution in [0.25, 0.3) is 0 Å². The Labute approximate surface area is 137 Å². The molecule has 1 aromatic rings. The van der Waals surface area contributed by atoms with Crippen molar-refractivity contribution in [2.75, 3.05) is 25.6 Å². The number of nitrogens with one attached hydrogen (secondary N) is 2. The highest BCUT2D eigenvalue weighted by molar-refractivity contribution is 6.13. The topological polar surface area (TPSA) is 67.4 Å². The maximum atomic E-state index is 12.7. The first-order valence-corrected chi connectivity index (χ1v) is 8.10. The van der Waals surface area contributed by atoms with Crippen LogP contribution < -0.4 is 10.6 Å². The second-order valence-electron chi connectivity index (χ2n) is 6.48. The maximum absolute atomic E-state index is 12.7. The third-order valence-electron chi connectivity index (χ3n) is 4.38. The Bertz CT molecular complexity index is 592. The first-order valence-electron chi connectivity index (χ1n) is 8.10. The summed E-state index contributed by atoms with van der Waals surface area (Å²) in [5, 5.41) is 5.78. The fourth-order valence-corrected chi connectivity index (χ4v) is 2.69. The molecule has 2 N–H and O–H groups in total. The van der Waals surface area contributed by atoms with E-state index in [1.165, 1.54) is 0 Å². The Morgan fingerprint density at radius 3 is 2.52 bits per heavy atom. The summed E-state index contributed by atoms with van der Waals surface area (Å²) in [5.74, 6) is -0.105. The Kier molecular flexibility index (Phi) is 5.42. The number of hydrogen-bond donors (Lipinski definition) is 2. The minimum Gasteiger partial charge on any atom is -0.383 e. The van der Waals surface area contributed by atoms with Gasteiger partial charge in [0.15, 0.2) is 0 Å². The number of anilines is 1. The average Bonchev–Trinajstić information content (AvgIpc) is 3.31. The van der Waals surface area contributed by atoms with Crippen molar-refractivity contribution in [3.05, 3.63) is 29.3 Å². The van der Waals surface area contributed by atoms with Gasteiger partial charge in [-0.2, -0.15) is 0 Å². The molecule has 0 unspecified atom stereocenters. The summed E-state index contributed by atoms with van der Waals surface area (Å²) in [6.45, 7) is 7.02. The molecule has 1 fully saturated rings. The van der Waals surface area contributed by atoms with E-state index in [-0.39, 0.29) is 11.8 Å². The molecule has 1 saturated carbocycles. The second-order valence-corrected chi connectivity index (χ2v) is 6.48. The monoisotopic (exact) mass is 318 g/mol. The standard InChI is InChI=1S/C18H26N2O3/c1-12(2)14-7-5-6-13(3)15(14)20-17(22)18(8-9-18)16(21)19-10-11-23-4/h5-7,12H,8-11H2,1-4H3,(H,19,21)(H,20,22). The molecule has 0 atom stereocenters. The van der Waals surface area contributed by atoms with Crippen LogP contribution in [0, 0.1) is 12.3 Å². The van der Waals surface area contributed by atoms with Crippen LogP contribution in [0.15, 0.2) is 18.2 Å². The van der Waals surface area contributed by atoms with Crippen LogP contribution in [0.1, 0.15) is 43.7 Å². The van der Waals surface area contributed by atoms with Crippen molar-refractivity contribution in [1.29, 1.82) is 0 Å². The number of aryl methyl sites for hydroxylation is 1. The van der Waals surface area contributed by atoms with E-state index in [1.54, 1.807) is 7.11 Å². The zero-order chi connectivity index (χ0) is 17.0. The highest BCUT2D eigenvalue weighted by atomic mass is 16.5. The van der Waals surface area contributed by atoms with Crippen LogP contribution in [-0.4, -0.2) is 32.1 Å². The molecule has 0 bridgehead atoms. The Morgan fingerprint density at radius 2 is 1.96 bits per heavy atom. The summed E-state index contributed by atoms with van der Waals surface area (Å²) in [6.07, 6.45) is 1.20. The lowest BCUT2D eigenvalue weighted by Crippen LogP contribution is -2.41. The Balaban J connectivity index is 2.12. The van der Waals surface area contributed by atoms with Gasteiger partial charge in [-0.15, -0.1) is 0 Å². The number of hydrogen-bond acceptors (Lipinski definition) is 3. The van der Waals surface area contributed by atoms with E-state index >= 15 is 0 Å². The lowest BCUT2D eigenvalue weighted by Gasteiger charge is -2.20. The molecule has 0 heterocycles. The highest BCUT2D eigenvalue weighted by Crippen LogP contribution is 2.47. The van der Waals surface area contributed by atoms with Gasteiger partial charge in [-0.1, -0.05) is 32.0 Å². The molecule has 126 valence electrons. The van der Waals surface area contributed by atoms with Gasteiger partial charge in [-0.3, -0.25) is 9.59 Å². The lowest BCUT2D eigenvalue weighted by atomic mass is 9.97. The van der Waals surface area contributed by atoms with Gasteiger partial charge in [0.1, 0.15) is 5.41 Å². The summed E-state index contributed by atoms with van der Waals surface area (Å²) in [7, 11) is 1.58. The van der Waals surface area contributed by atoms with Gasteiger partial charge in [-0.25, -0.2) is 0 Å². The van der Waals surface area contributed by atoms with Gasteiger partial charge in [0, 0.05) is 19.3 Å². The van der Waals surface area contributed by atoms with E-state index in [4.69, 9.17) is 4.74 Å². The zero-order valence-electron chi connectivity index (χ0n) is 14.4. The van der Waals surface area contributed by atoms with Crippen molar-refractivity contribution in [2.24, 2.45) is 5.41 Å². The number of rotatable bonds is 7. The molecule has 1 aliphatic rings. The summed E-state index contributed by atoms with van der Waals surface area (Å²) in [4.78, 5) is 25.0. The van der Waals surface area contributed by atoms with E-state index < -0.39 is 5.41 Å². The predicted molar refractivity (Wildman–Crippen MR) is 90.5 cm³/mol. The average molecular weight is 318 g/mol. The minimum absolute atomic E-state index is 0.202. The normalized spacial score (nSPS) is 15.3. The third kappa shape index (κ3) is 3.72. The van der Waals surface area contributed by atoms with E-state index in [0.29, 0.717) is 31.9 Å². The van der Waals surface area contributed by atoms with Crippen LogP contribution in [0.3, 0.4) is 0 Å². The van der Waals surface area contributed by atoms with Gasteiger partial charge in [0.2, 0.25) is 11.8 Å². The predicted octanol–water partition coefficient (Wildman–Crippen LogP) is 2.60. The summed E-state index contributed by atoms with van der Waals surface area (Å²) < 4.78 is 4.92. The smallest absolute Gasteiger partial charge is 0.240 e. The van der Waals surface area contributed by atoms with Crippen LogP contribution in [-0.2, 0) is 14.3 Å². The van der Waals surface area contributed by atoms with Gasteiger partial charge in [0.05, 0.1) is 6.61 Å². The first-order chi connectivity index (χ1) is 10.9. The lowest BCUT2D eigenvalue weighted by molar-refractivity contribution is -0.134. The van der Waals surface area contributed by atoms with Crippen LogP contribution in [0.5, 0.6) is 0 Å². The quantitative estimate of drug-likeness (QED) is 0.600. The molecular formula is C18H26N2O3. The molecule has 1 aromatic carbocycles. The number of carbonyl (C=O) groups is 2. The molecular weight excluding hydrogens is 292 g/mol. The van der Waals surface area contributed by atoms with Crippen molar-refractivity contribution in [3.8, 4) is 0 Å². The van der Waals surface area contributed by atoms with Crippen LogP contribution >= 0.6 is 0 Å². The molecule has 0 radical (unpaired) electrons. The SMILES string of the molecule is COCCNC(=O)C1(C(=O)Nc2c(C)cccc2C(C)C)CC1. The van der Waals surface area contributed by atoms with Crippen molar-refractivity contribution >= 4 is 17.5 Å². The van der Waals surface area contributed by atoms with Crippen LogP contribution in [0.2, 0.25) is 0 Å². The van der Waals surface area contributed by atoms with Crippen LogP contribution in [0.4, 0.5) is 5.69 Å². The number of para-hydroxylation sites is 1. The van der Waals surface area contributed by atoms with E-state index in [1.807, 2.05) is 25.1 Å². The molecule has 2 amide bonds. The Hall–Kier alpha value is -1.88. The molecule has 0 spiro atoms. The molecule has 5 nitrogen and oxygen atoms in total. The molecule has 0 saturated heterocycles. The van der Waals surface area contributed by atoms with Crippen molar-refractivity contribution in [3.63, 3.8) is 0 Å². The molecule has 2 rings (SSSR count). The number of methoxy groups -OCH3 is 1. The Morgan fingerprint density at radius 1 is 1.26 bits per heavy atom. The van der Waals surface area contributed by atoms with Gasteiger partial charge in [-0.05, 0) is 36.8 Å². The van der Waals surface area contributed by atoms with Gasteiger partial charge in [0.25, 0.3) is 0 Å². The zero-order valence-corrected chi connectivity index (χ0v) is 14.4. The van der Waals surface area contributed by atoms with Gasteiger partial charge < -0.3 is 15.4 Å². The van der Waals surface area contributed by atoms with Crippen molar-refractivity contribution in [2.45, 2.75) is 39.5 Å². The minimum atomic E-state index is -0.912. The summed E-state index contributed by atoms with van der Waals surface area (Å²) in [6, 6.07) is 5.98. The van der Waals surface area contributed by atoms with Gasteiger partial charge >= 0.3 is 0 Å². The fourth-order valence-electron chi connectivity index (χ4n) is 2.69. The number of benzene rings is 1. The van der Waals surface area contributed by atoms with E-state index in [9.17, 15) is 9.59 Å². The van der Waals surface area contributed by atoms with Crippen molar-refractivity contribution < 1.29 is 14.3 Å². The third-order valence-corrected chi connectivity index (χ3v) is 4.38. The molecule has 5 heteroatoms.